The van der Waals surface area contributed by atoms with E-state index in [1.807, 2.05) is 19.3 Å². The average molecular weight is 285 g/mol. The summed E-state index contributed by atoms with van der Waals surface area (Å²) < 4.78 is 6.01. The minimum absolute atomic E-state index is 0.192. The molecule has 1 aromatic carbocycles. The molecule has 21 heavy (non-hydrogen) atoms. The molecule has 0 saturated carbocycles. The quantitative estimate of drug-likeness (QED) is 0.934. The molecule has 2 heterocycles. The van der Waals surface area contributed by atoms with E-state index in [0.717, 1.165) is 31.8 Å². The lowest BCUT2D eigenvalue weighted by atomic mass is 9.96. The van der Waals surface area contributed by atoms with Gasteiger partial charge in [0.2, 0.25) is 0 Å². The van der Waals surface area contributed by atoms with E-state index in [9.17, 15) is 0 Å². The second-order valence-electron chi connectivity index (χ2n) is 5.50. The van der Waals surface area contributed by atoms with E-state index in [4.69, 9.17) is 4.74 Å². The van der Waals surface area contributed by atoms with Crippen LogP contribution in [-0.4, -0.2) is 49.3 Å². The first-order valence-corrected chi connectivity index (χ1v) is 7.68. The van der Waals surface area contributed by atoms with Crippen LogP contribution in [0.3, 0.4) is 0 Å². The average Bonchev–Trinajstić information content (AvgIpc) is 2.54. The molecule has 4 heteroatoms. The minimum Gasteiger partial charge on any atom is -0.374 e. The molecule has 3 rings (SSSR count). The molecule has 1 saturated heterocycles. The Labute approximate surface area is 126 Å². The van der Waals surface area contributed by atoms with Crippen molar-refractivity contribution in [3.05, 3.63) is 42.1 Å². The summed E-state index contributed by atoms with van der Waals surface area (Å²) in [6, 6.07) is 11.0. The van der Waals surface area contributed by atoms with Crippen molar-refractivity contribution in [3.8, 4) is 0 Å². The smallest absolute Gasteiger partial charge is 0.0896 e. The molecule has 1 fully saturated rings. The maximum absolute atomic E-state index is 6.01. The molecule has 1 aliphatic rings. The summed E-state index contributed by atoms with van der Waals surface area (Å²) in [4.78, 5) is 6.91. The Morgan fingerprint density at radius 2 is 2.29 bits per heavy atom. The summed E-state index contributed by atoms with van der Waals surface area (Å²) in [5.74, 6) is 0. The third kappa shape index (κ3) is 2.93. The molecule has 0 amide bonds. The van der Waals surface area contributed by atoms with Crippen molar-refractivity contribution in [2.45, 2.75) is 19.1 Å². The van der Waals surface area contributed by atoms with Crippen LogP contribution in [0.15, 0.2) is 36.5 Å². The fourth-order valence-electron chi connectivity index (χ4n) is 3.22. The highest BCUT2D eigenvalue weighted by Crippen LogP contribution is 2.30. The van der Waals surface area contributed by atoms with E-state index in [0.29, 0.717) is 6.04 Å². The third-order valence-corrected chi connectivity index (χ3v) is 4.24. The van der Waals surface area contributed by atoms with Gasteiger partial charge in [0.1, 0.15) is 0 Å². The van der Waals surface area contributed by atoms with Crippen LogP contribution in [0.2, 0.25) is 0 Å². The van der Waals surface area contributed by atoms with Crippen molar-refractivity contribution in [3.63, 3.8) is 0 Å². The second-order valence-corrected chi connectivity index (χ2v) is 5.50. The number of fused-ring (bicyclic) bond motifs is 1. The van der Waals surface area contributed by atoms with Gasteiger partial charge in [0.05, 0.1) is 24.3 Å². The first kappa shape index (κ1) is 14.4. The standard InChI is InChI=1S/C17H23N3O/c1-3-20-9-10-21-16(12-18-2)17(20)14-6-7-15-13(11-14)5-4-8-19-15/h4-8,11,16-18H,3,9-10,12H2,1-2H3. The lowest BCUT2D eigenvalue weighted by molar-refractivity contribution is -0.0686. The number of nitrogens with zero attached hydrogens (tertiary/aromatic N) is 2. The van der Waals surface area contributed by atoms with Gasteiger partial charge in [-0.15, -0.1) is 0 Å². The summed E-state index contributed by atoms with van der Waals surface area (Å²) in [6.07, 6.45) is 2.03. The van der Waals surface area contributed by atoms with Gasteiger partial charge >= 0.3 is 0 Å². The van der Waals surface area contributed by atoms with Gasteiger partial charge in [-0.3, -0.25) is 9.88 Å². The lowest BCUT2D eigenvalue weighted by Gasteiger charge is -2.41. The summed E-state index contributed by atoms with van der Waals surface area (Å²) >= 11 is 0. The predicted octanol–water partition coefficient (Wildman–Crippen LogP) is 2.22. The Bertz CT molecular complexity index is 599. The number of morpholine rings is 1. The van der Waals surface area contributed by atoms with Gasteiger partial charge < -0.3 is 10.1 Å². The summed E-state index contributed by atoms with van der Waals surface area (Å²) in [5, 5.41) is 4.45. The van der Waals surface area contributed by atoms with E-state index >= 15 is 0 Å². The zero-order valence-corrected chi connectivity index (χ0v) is 12.7. The Hall–Kier alpha value is -1.49. The Morgan fingerprint density at radius 1 is 1.38 bits per heavy atom. The number of ether oxygens (including phenoxy) is 1. The number of aromatic nitrogens is 1. The van der Waals surface area contributed by atoms with Crippen molar-refractivity contribution in [1.82, 2.24) is 15.2 Å². The highest BCUT2D eigenvalue weighted by molar-refractivity contribution is 5.79. The van der Waals surface area contributed by atoms with Gasteiger partial charge in [-0.25, -0.2) is 0 Å². The van der Waals surface area contributed by atoms with Crippen molar-refractivity contribution in [2.75, 3.05) is 33.3 Å². The Kier molecular flexibility index (Phi) is 4.48. The number of hydrogen-bond donors (Lipinski definition) is 1. The SMILES string of the molecule is CCN1CCOC(CNC)C1c1ccc2ncccc2c1. The predicted molar refractivity (Wildman–Crippen MR) is 85.4 cm³/mol. The maximum atomic E-state index is 6.01. The third-order valence-electron chi connectivity index (χ3n) is 4.24. The monoisotopic (exact) mass is 285 g/mol. The van der Waals surface area contributed by atoms with Crippen LogP contribution in [0.4, 0.5) is 0 Å². The molecule has 0 bridgehead atoms. The van der Waals surface area contributed by atoms with Crippen LogP contribution < -0.4 is 5.32 Å². The number of likely N-dealkylation sites (N-methyl/N-ethyl adjacent to an activating group) is 2. The highest BCUT2D eigenvalue weighted by Gasteiger charge is 2.32. The summed E-state index contributed by atoms with van der Waals surface area (Å²) in [6.45, 7) is 5.93. The maximum Gasteiger partial charge on any atom is 0.0896 e. The van der Waals surface area contributed by atoms with Gasteiger partial charge in [-0.1, -0.05) is 19.1 Å². The number of rotatable bonds is 4. The number of nitrogens with one attached hydrogen (secondary N) is 1. The van der Waals surface area contributed by atoms with Crippen LogP contribution in [0.1, 0.15) is 18.5 Å². The Morgan fingerprint density at radius 3 is 3.10 bits per heavy atom. The van der Waals surface area contributed by atoms with Crippen molar-refractivity contribution >= 4 is 10.9 Å². The highest BCUT2D eigenvalue weighted by atomic mass is 16.5. The molecule has 1 N–H and O–H groups in total. The summed E-state index contributed by atoms with van der Waals surface area (Å²) in [7, 11) is 1.98. The molecule has 4 nitrogen and oxygen atoms in total. The van der Waals surface area contributed by atoms with E-state index in [1.54, 1.807) is 0 Å². The number of benzene rings is 1. The molecular weight excluding hydrogens is 262 g/mol. The summed E-state index contributed by atoms with van der Waals surface area (Å²) in [5.41, 5.74) is 2.36. The van der Waals surface area contributed by atoms with Crippen LogP contribution in [-0.2, 0) is 4.74 Å². The fourth-order valence-corrected chi connectivity index (χ4v) is 3.22. The molecular formula is C17H23N3O. The van der Waals surface area contributed by atoms with Gasteiger partial charge in [0.15, 0.2) is 0 Å². The van der Waals surface area contributed by atoms with Gasteiger partial charge in [-0.2, -0.15) is 0 Å². The largest absolute Gasteiger partial charge is 0.374 e. The topological polar surface area (TPSA) is 37.4 Å². The van der Waals surface area contributed by atoms with E-state index in [2.05, 4.69) is 46.4 Å². The van der Waals surface area contributed by atoms with E-state index < -0.39 is 0 Å². The molecule has 0 aliphatic carbocycles. The fraction of sp³-hybridized carbons (Fsp3) is 0.471. The molecule has 2 unspecified atom stereocenters. The van der Waals surface area contributed by atoms with E-state index in [1.165, 1.54) is 10.9 Å². The minimum atomic E-state index is 0.192. The van der Waals surface area contributed by atoms with Crippen LogP contribution in [0, 0.1) is 0 Å². The van der Waals surface area contributed by atoms with Crippen molar-refractivity contribution < 1.29 is 4.74 Å². The van der Waals surface area contributed by atoms with Gasteiger partial charge in [0, 0.05) is 24.7 Å². The van der Waals surface area contributed by atoms with E-state index in [-0.39, 0.29) is 6.10 Å². The molecule has 2 atom stereocenters. The van der Waals surface area contributed by atoms with Gasteiger partial charge in [0.25, 0.3) is 0 Å². The first-order valence-electron chi connectivity index (χ1n) is 7.68. The molecule has 112 valence electrons. The number of hydrogen-bond acceptors (Lipinski definition) is 4. The second kappa shape index (κ2) is 6.52. The molecule has 0 spiro atoms. The molecule has 2 aromatic rings. The molecule has 1 aliphatic heterocycles. The zero-order chi connectivity index (χ0) is 14.7. The molecule has 0 radical (unpaired) electrons. The number of pyridine rings is 1. The van der Waals surface area contributed by atoms with Gasteiger partial charge in [-0.05, 0) is 37.4 Å². The zero-order valence-electron chi connectivity index (χ0n) is 12.7. The first-order chi connectivity index (χ1) is 10.3. The lowest BCUT2D eigenvalue weighted by Crippen LogP contribution is -2.48. The normalized spacial score (nSPS) is 23.5. The Balaban J connectivity index is 1.98. The van der Waals surface area contributed by atoms with Crippen LogP contribution in [0.5, 0.6) is 0 Å². The van der Waals surface area contributed by atoms with Crippen LogP contribution >= 0.6 is 0 Å². The van der Waals surface area contributed by atoms with Crippen LogP contribution in [0.25, 0.3) is 10.9 Å². The van der Waals surface area contributed by atoms with Crippen molar-refractivity contribution in [1.29, 1.82) is 0 Å². The van der Waals surface area contributed by atoms with Crippen molar-refractivity contribution in [2.24, 2.45) is 0 Å². The molecule has 1 aromatic heterocycles.